The van der Waals surface area contributed by atoms with Crippen molar-refractivity contribution in [1.82, 2.24) is 10.6 Å². The predicted octanol–water partition coefficient (Wildman–Crippen LogP) is 0.537. The fourth-order valence-electron chi connectivity index (χ4n) is 2.42. The van der Waals surface area contributed by atoms with Crippen LogP contribution >= 0.6 is 0 Å². The van der Waals surface area contributed by atoms with Gasteiger partial charge in [-0.15, -0.1) is 0 Å². The molecule has 4 N–H and O–H groups in total. The number of quaternary nitrogens is 1. The maximum absolute atomic E-state index is 13.0. The highest BCUT2D eigenvalue weighted by Gasteiger charge is 2.33. The van der Waals surface area contributed by atoms with Crippen LogP contribution < -0.4 is 20.9 Å². The van der Waals surface area contributed by atoms with Crippen molar-refractivity contribution in [1.29, 1.82) is 0 Å². The van der Waals surface area contributed by atoms with E-state index >= 15 is 0 Å². The fraction of sp³-hybridized carbons (Fsp3) is 0.471. The van der Waals surface area contributed by atoms with Crippen molar-refractivity contribution in [3.05, 3.63) is 29.8 Å². The summed E-state index contributed by atoms with van der Waals surface area (Å²) in [6.45, 7) is 1.75. The van der Waals surface area contributed by atoms with E-state index in [1.54, 1.807) is 6.92 Å². The second kappa shape index (κ2) is 8.85. The van der Waals surface area contributed by atoms with Gasteiger partial charge in [-0.1, -0.05) is 12.1 Å². The van der Waals surface area contributed by atoms with Gasteiger partial charge < -0.3 is 15.5 Å². The normalized spacial score (nSPS) is 15.0. The standard InChI is InChI=1S/C17H21F3N4O3/c1-2-24(10-15(26)23-16(27)21-11-7-8-11)9-14(25)22-13-6-4-3-5-12(13)17(18,19)20/h3-6,11H,2,7-10H2,1H3,(H,22,25)(H2,21,23,26,27)/p+1. The van der Waals surface area contributed by atoms with Crippen molar-refractivity contribution in [2.75, 3.05) is 25.0 Å². The van der Waals surface area contributed by atoms with E-state index in [1.165, 1.54) is 18.2 Å². The number of anilines is 1. The largest absolute Gasteiger partial charge is 0.418 e. The Morgan fingerprint density at radius 3 is 2.33 bits per heavy atom. The van der Waals surface area contributed by atoms with Crippen LogP contribution in [0.2, 0.25) is 0 Å². The Balaban J connectivity index is 1.87. The van der Waals surface area contributed by atoms with Gasteiger partial charge in [0.15, 0.2) is 13.1 Å². The van der Waals surface area contributed by atoms with E-state index in [2.05, 4.69) is 16.0 Å². The molecule has 1 aromatic rings. The van der Waals surface area contributed by atoms with Gasteiger partial charge in [-0.2, -0.15) is 13.2 Å². The van der Waals surface area contributed by atoms with Crippen molar-refractivity contribution in [2.24, 2.45) is 0 Å². The minimum Gasteiger partial charge on any atom is -0.335 e. The molecular formula is C17H22F3N4O3+. The number of alkyl halides is 3. The minimum atomic E-state index is -4.59. The number of amides is 4. The SMILES string of the molecule is CC[NH+](CC(=O)NC(=O)NC1CC1)CC(=O)Nc1ccccc1C(F)(F)F. The number of carbonyl (C=O) groups is 3. The van der Waals surface area contributed by atoms with E-state index in [9.17, 15) is 27.6 Å². The lowest BCUT2D eigenvalue weighted by molar-refractivity contribution is -0.881. The van der Waals surface area contributed by atoms with E-state index in [4.69, 9.17) is 0 Å². The smallest absolute Gasteiger partial charge is 0.335 e. The summed E-state index contributed by atoms with van der Waals surface area (Å²) in [4.78, 5) is 36.0. The zero-order valence-electron chi connectivity index (χ0n) is 14.8. The number of nitrogens with one attached hydrogen (secondary N) is 4. The van der Waals surface area contributed by atoms with Gasteiger partial charge in [0, 0.05) is 6.04 Å². The molecule has 1 aliphatic carbocycles. The summed E-state index contributed by atoms with van der Waals surface area (Å²) in [7, 11) is 0. The van der Waals surface area contributed by atoms with Gasteiger partial charge >= 0.3 is 12.2 Å². The Hall–Kier alpha value is -2.62. The molecule has 27 heavy (non-hydrogen) atoms. The molecule has 10 heteroatoms. The molecule has 0 bridgehead atoms. The van der Waals surface area contributed by atoms with E-state index in [-0.39, 0.29) is 24.8 Å². The maximum Gasteiger partial charge on any atom is 0.418 e. The van der Waals surface area contributed by atoms with Gasteiger partial charge in [-0.3, -0.25) is 14.9 Å². The Bertz CT molecular complexity index is 705. The quantitative estimate of drug-likeness (QED) is 0.550. The number of hydrogen-bond donors (Lipinski definition) is 4. The molecule has 0 aromatic heterocycles. The molecule has 0 spiro atoms. The Kier molecular flexibility index (Phi) is 6.78. The summed E-state index contributed by atoms with van der Waals surface area (Å²) in [5, 5.41) is 7.02. The third-order valence-corrected chi connectivity index (χ3v) is 3.99. The molecule has 0 saturated heterocycles. The molecule has 0 radical (unpaired) electrons. The molecule has 4 amide bonds. The van der Waals surface area contributed by atoms with Crippen molar-refractivity contribution in [3.8, 4) is 0 Å². The summed E-state index contributed by atoms with van der Waals surface area (Å²) < 4.78 is 38.9. The third kappa shape index (κ3) is 6.89. The van der Waals surface area contributed by atoms with Crippen LogP contribution in [-0.2, 0) is 15.8 Å². The van der Waals surface area contributed by atoms with Crippen molar-refractivity contribution in [2.45, 2.75) is 32.0 Å². The van der Waals surface area contributed by atoms with Gasteiger partial charge in [0.1, 0.15) is 0 Å². The number of likely N-dealkylation sites (N-methyl/N-ethyl adjacent to an activating group) is 1. The van der Waals surface area contributed by atoms with Gasteiger partial charge in [0.2, 0.25) is 0 Å². The number of halogens is 3. The average Bonchev–Trinajstić information content (AvgIpc) is 3.37. The molecule has 148 valence electrons. The zero-order chi connectivity index (χ0) is 20.0. The van der Waals surface area contributed by atoms with Crippen LogP contribution in [0.15, 0.2) is 24.3 Å². The van der Waals surface area contributed by atoms with E-state index in [0.29, 0.717) is 11.4 Å². The van der Waals surface area contributed by atoms with E-state index < -0.39 is 29.6 Å². The van der Waals surface area contributed by atoms with Crippen molar-refractivity contribution in [3.63, 3.8) is 0 Å². The summed E-state index contributed by atoms with van der Waals surface area (Å²) in [5.41, 5.74) is -1.27. The number of imide groups is 1. The molecule has 1 unspecified atom stereocenters. The molecule has 1 fully saturated rings. The number of rotatable bonds is 7. The van der Waals surface area contributed by atoms with Gasteiger partial charge in [-0.05, 0) is 31.9 Å². The number of para-hydroxylation sites is 1. The van der Waals surface area contributed by atoms with Crippen LogP contribution in [0.5, 0.6) is 0 Å². The molecule has 0 aliphatic heterocycles. The molecule has 2 rings (SSSR count). The van der Waals surface area contributed by atoms with Crippen LogP contribution in [0.3, 0.4) is 0 Å². The minimum absolute atomic E-state index is 0.104. The number of urea groups is 1. The molecule has 1 aliphatic rings. The molecule has 7 nitrogen and oxygen atoms in total. The fourth-order valence-corrected chi connectivity index (χ4v) is 2.42. The van der Waals surface area contributed by atoms with E-state index in [0.717, 1.165) is 18.9 Å². The summed E-state index contributed by atoms with van der Waals surface area (Å²) in [5.74, 6) is -1.22. The molecular weight excluding hydrogens is 365 g/mol. The highest BCUT2D eigenvalue weighted by Crippen LogP contribution is 2.34. The number of benzene rings is 1. The molecule has 0 heterocycles. The Labute approximate surface area is 154 Å². The van der Waals surface area contributed by atoms with Crippen LogP contribution in [0.4, 0.5) is 23.7 Å². The van der Waals surface area contributed by atoms with Crippen LogP contribution in [0.1, 0.15) is 25.3 Å². The second-order valence-electron chi connectivity index (χ2n) is 6.34. The second-order valence-corrected chi connectivity index (χ2v) is 6.34. The lowest BCUT2D eigenvalue weighted by Crippen LogP contribution is -3.14. The first-order valence-corrected chi connectivity index (χ1v) is 8.59. The first kappa shape index (κ1) is 20.7. The summed E-state index contributed by atoms with van der Waals surface area (Å²) >= 11 is 0. The Morgan fingerprint density at radius 1 is 1.11 bits per heavy atom. The first-order chi connectivity index (χ1) is 12.7. The lowest BCUT2D eigenvalue weighted by atomic mass is 10.1. The van der Waals surface area contributed by atoms with Crippen molar-refractivity contribution < 1.29 is 32.5 Å². The molecule has 1 saturated carbocycles. The maximum atomic E-state index is 13.0. The first-order valence-electron chi connectivity index (χ1n) is 8.59. The number of hydrogen-bond acceptors (Lipinski definition) is 3. The van der Waals surface area contributed by atoms with Gasteiger partial charge in [0.25, 0.3) is 11.8 Å². The average molecular weight is 387 g/mol. The van der Waals surface area contributed by atoms with Gasteiger partial charge in [-0.25, -0.2) is 4.79 Å². The molecule has 1 atom stereocenters. The number of carbonyl (C=O) groups excluding carboxylic acids is 3. The van der Waals surface area contributed by atoms with Crippen LogP contribution in [-0.4, -0.2) is 43.5 Å². The van der Waals surface area contributed by atoms with E-state index in [1.807, 2.05) is 0 Å². The summed E-state index contributed by atoms with van der Waals surface area (Å²) in [6, 6.07) is 4.20. The zero-order valence-corrected chi connectivity index (χ0v) is 14.8. The predicted molar refractivity (Wildman–Crippen MR) is 91.0 cm³/mol. The highest BCUT2D eigenvalue weighted by atomic mass is 19.4. The monoisotopic (exact) mass is 387 g/mol. The van der Waals surface area contributed by atoms with Crippen molar-refractivity contribution >= 4 is 23.5 Å². The highest BCUT2D eigenvalue weighted by molar-refractivity contribution is 5.95. The molecule has 1 aromatic carbocycles. The van der Waals surface area contributed by atoms with Gasteiger partial charge in [0.05, 0.1) is 17.8 Å². The Morgan fingerprint density at radius 2 is 1.74 bits per heavy atom. The third-order valence-electron chi connectivity index (χ3n) is 3.99. The van der Waals surface area contributed by atoms with Crippen LogP contribution in [0.25, 0.3) is 0 Å². The summed E-state index contributed by atoms with van der Waals surface area (Å²) in [6.07, 6.45) is -2.82. The van der Waals surface area contributed by atoms with Crippen LogP contribution in [0, 0.1) is 0 Å². The lowest BCUT2D eigenvalue weighted by Gasteiger charge is -2.18. The topological polar surface area (TPSA) is 91.7 Å².